The van der Waals surface area contributed by atoms with Crippen molar-refractivity contribution in [3.63, 3.8) is 0 Å². The van der Waals surface area contributed by atoms with Crippen LogP contribution >= 0.6 is 11.3 Å². The van der Waals surface area contributed by atoms with Crippen LogP contribution in [-0.2, 0) is 0 Å². The summed E-state index contributed by atoms with van der Waals surface area (Å²) in [5.41, 5.74) is 3.72. The molecule has 2 heterocycles. The normalized spacial score (nSPS) is 10.9. The molecule has 0 saturated heterocycles. The minimum atomic E-state index is -0.296. The summed E-state index contributed by atoms with van der Waals surface area (Å²) in [6.45, 7) is 2.01. The molecule has 4 rings (SSSR count). The first kappa shape index (κ1) is 14.7. The fraction of sp³-hybridized carbons (Fsp3) is 0.0526. The third kappa shape index (κ3) is 2.59. The molecular weight excluding hydrogens is 320 g/mol. The van der Waals surface area contributed by atoms with Crippen LogP contribution in [0.1, 0.15) is 16.1 Å². The highest BCUT2D eigenvalue weighted by molar-refractivity contribution is 7.22. The number of nitrogens with one attached hydrogen (secondary N) is 1. The molecule has 5 heteroatoms. The molecule has 4 aromatic rings. The van der Waals surface area contributed by atoms with Gasteiger partial charge in [-0.1, -0.05) is 53.8 Å². The predicted molar refractivity (Wildman–Crippen MR) is 96.5 cm³/mol. The zero-order valence-electron chi connectivity index (χ0n) is 12.9. The highest BCUT2D eigenvalue weighted by Gasteiger charge is 2.18. The van der Waals surface area contributed by atoms with Crippen molar-refractivity contribution in [2.75, 3.05) is 5.32 Å². The van der Waals surface area contributed by atoms with Gasteiger partial charge in [-0.25, -0.2) is 4.98 Å². The summed E-state index contributed by atoms with van der Waals surface area (Å²) in [5, 5.41) is 3.42. The average Bonchev–Trinajstić information content (AvgIpc) is 3.23. The van der Waals surface area contributed by atoms with Gasteiger partial charge in [0.15, 0.2) is 10.9 Å². The Morgan fingerprint density at radius 1 is 1.08 bits per heavy atom. The Bertz CT molecular complexity index is 1020. The first-order valence-corrected chi connectivity index (χ1v) is 8.34. The van der Waals surface area contributed by atoms with Gasteiger partial charge in [-0.3, -0.25) is 10.1 Å². The summed E-state index contributed by atoms with van der Waals surface area (Å²) in [5.74, 6) is -0.00672. The number of amides is 1. The number of aryl methyl sites for hydroxylation is 1. The Hall–Kier alpha value is -2.92. The number of thiazole rings is 1. The molecule has 118 valence electrons. The van der Waals surface area contributed by atoms with Crippen LogP contribution in [0, 0.1) is 6.92 Å². The van der Waals surface area contributed by atoms with Crippen LogP contribution in [0.5, 0.6) is 0 Å². The predicted octanol–water partition coefficient (Wildman–Crippen LogP) is 5.12. The zero-order valence-corrected chi connectivity index (χ0v) is 13.8. The Morgan fingerprint density at radius 3 is 2.71 bits per heavy atom. The summed E-state index contributed by atoms with van der Waals surface area (Å²) < 4.78 is 6.46. The molecule has 0 aliphatic heterocycles. The highest BCUT2D eigenvalue weighted by Crippen LogP contribution is 2.30. The number of hydrogen-bond donors (Lipinski definition) is 1. The van der Waals surface area contributed by atoms with Gasteiger partial charge >= 0.3 is 0 Å². The minimum absolute atomic E-state index is 0.289. The molecule has 1 amide bonds. The largest absolute Gasteiger partial charge is 0.459 e. The summed E-state index contributed by atoms with van der Waals surface area (Å²) in [4.78, 5) is 17.1. The number of furan rings is 1. The fourth-order valence-electron chi connectivity index (χ4n) is 2.62. The van der Waals surface area contributed by atoms with Gasteiger partial charge in [0.1, 0.15) is 0 Å². The monoisotopic (exact) mass is 334 g/mol. The third-order valence-corrected chi connectivity index (χ3v) is 4.73. The van der Waals surface area contributed by atoms with Gasteiger partial charge in [0, 0.05) is 5.56 Å². The second-order valence-electron chi connectivity index (χ2n) is 5.42. The van der Waals surface area contributed by atoms with E-state index in [2.05, 4.69) is 10.3 Å². The maximum atomic E-state index is 12.6. The van der Waals surface area contributed by atoms with Crippen molar-refractivity contribution in [3.05, 3.63) is 72.2 Å². The van der Waals surface area contributed by atoms with Gasteiger partial charge in [-0.15, -0.1) is 0 Å². The van der Waals surface area contributed by atoms with E-state index in [0.29, 0.717) is 5.13 Å². The Morgan fingerprint density at radius 2 is 1.92 bits per heavy atom. The van der Waals surface area contributed by atoms with Crippen molar-refractivity contribution in [3.8, 4) is 11.1 Å². The molecule has 0 aliphatic carbocycles. The summed E-state index contributed by atoms with van der Waals surface area (Å²) in [7, 11) is 0. The Kier molecular flexibility index (Phi) is 3.63. The number of anilines is 1. The van der Waals surface area contributed by atoms with Crippen LogP contribution in [0.25, 0.3) is 21.3 Å². The van der Waals surface area contributed by atoms with Gasteiger partial charge in [0.25, 0.3) is 5.91 Å². The highest BCUT2D eigenvalue weighted by atomic mass is 32.1. The lowest BCUT2D eigenvalue weighted by molar-refractivity contribution is 0.0997. The Balaban J connectivity index is 1.65. The minimum Gasteiger partial charge on any atom is -0.459 e. The lowest BCUT2D eigenvalue weighted by Gasteiger charge is -2.02. The van der Waals surface area contributed by atoms with Crippen molar-refractivity contribution in [1.82, 2.24) is 4.98 Å². The van der Waals surface area contributed by atoms with Crippen molar-refractivity contribution in [2.45, 2.75) is 6.92 Å². The summed E-state index contributed by atoms with van der Waals surface area (Å²) >= 11 is 1.45. The number of nitrogens with zero attached hydrogens (tertiary/aromatic N) is 1. The second-order valence-corrected chi connectivity index (χ2v) is 6.45. The molecule has 0 spiro atoms. The van der Waals surface area contributed by atoms with E-state index in [1.54, 1.807) is 6.07 Å². The first-order valence-electron chi connectivity index (χ1n) is 7.53. The molecule has 2 aromatic heterocycles. The van der Waals surface area contributed by atoms with E-state index in [9.17, 15) is 4.79 Å². The standard InChI is InChI=1S/C19H14N2O2S/c1-12-6-5-9-15-16(12)20-19(24-15)21-18(22)17-14(10-11-23-17)13-7-3-2-4-8-13/h2-11H,1H3,(H,20,21,22). The summed E-state index contributed by atoms with van der Waals surface area (Å²) in [6, 6.07) is 17.5. The summed E-state index contributed by atoms with van der Waals surface area (Å²) in [6.07, 6.45) is 1.53. The molecule has 0 bridgehead atoms. The van der Waals surface area contributed by atoms with E-state index in [1.807, 2.05) is 55.5 Å². The molecule has 0 saturated carbocycles. The maximum Gasteiger partial charge on any atom is 0.293 e. The molecule has 0 radical (unpaired) electrons. The van der Waals surface area contributed by atoms with Gasteiger partial charge in [0.05, 0.1) is 16.5 Å². The van der Waals surface area contributed by atoms with E-state index in [-0.39, 0.29) is 11.7 Å². The molecular formula is C19H14N2O2S. The van der Waals surface area contributed by atoms with Crippen LogP contribution in [-0.4, -0.2) is 10.9 Å². The lowest BCUT2D eigenvalue weighted by atomic mass is 10.1. The van der Waals surface area contributed by atoms with Crippen LogP contribution in [0.2, 0.25) is 0 Å². The maximum absolute atomic E-state index is 12.6. The number of aromatic nitrogens is 1. The number of rotatable bonds is 3. The van der Waals surface area contributed by atoms with Gasteiger partial charge in [-0.05, 0) is 30.2 Å². The van der Waals surface area contributed by atoms with Gasteiger partial charge in [-0.2, -0.15) is 0 Å². The van der Waals surface area contributed by atoms with Crippen molar-refractivity contribution >= 4 is 32.6 Å². The van der Waals surface area contributed by atoms with Crippen molar-refractivity contribution in [2.24, 2.45) is 0 Å². The number of fused-ring (bicyclic) bond motifs is 1. The van der Waals surface area contributed by atoms with E-state index in [4.69, 9.17) is 4.42 Å². The molecule has 24 heavy (non-hydrogen) atoms. The molecule has 0 atom stereocenters. The fourth-order valence-corrected chi connectivity index (χ4v) is 3.56. The van der Waals surface area contributed by atoms with Gasteiger partial charge in [0.2, 0.25) is 0 Å². The van der Waals surface area contributed by atoms with E-state index in [0.717, 1.165) is 26.9 Å². The molecule has 2 aromatic carbocycles. The third-order valence-electron chi connectivity index (χ3n) is 3.80. The molecule has 0 aliphatic rings. The zero-order chi connectivity index (χ0) is 16.5. The SMILES string of the molecule is Cc1cccc2sc(NC(=O)c3occc3-c3ccccc3)nc12. The number of hydrogen-bond acceptors (Lipinski definition) is 4. The molecule has 0 unspecified atom stereocenters. The van der Waals surface area contributed by atoms with Crippen LogP contribution in [0.4, 0.5) is 5.13 Å². The average molecular weight is 334 g/mol. The van der Waals surface area contributed by atoms with Crippen molar-refractivity contribution in [1.29, 1.82) is 0 Å². The lowest BCUT2D eigenvalue weighted by Crippen LogP contribution is -2.11. The van der Waals surface area contributed by atoms with Crippen molar-refractivity contribution < 1.29 is 9.21 Å². The first-order chi connectivity index (χ1) is 11.7. The number of carbonyl (C=O) groups is 1. The smallest absolute Gasteiger partial charge is 0.293 e. The topological polar surface area (TPSA) is 55.1 Å². The second kappa shape index (κ2) is 5.94. The van der Waals surface area contributed by atoms with E-state index in [1.165, 1.54) is 17.6 Å². The van der Waals surface area contributed by atoms with Crippen LogP contribution in [0.15, 0.2) is 65.3 Å². The van der Waals surface area contributed by atoms with Gasteiger partial charge < -0.3 is 4.42 Å². The molecule has 1 N–H and O–H groups in total. The van der Waals surface area contributed by atoms with Crippen LogP contribution in [0.3, 0.4) is 0 Å². The van der Waals surface area contributed by atoms with E-state index < -0.39 is 0 Å². The number of benzene rings is 2. The molecule has 0 fully saturated rings. The Labute approximate surface area is 142 Å². The van der Waals surface area contributed by atoms with E-state index >= 15 is 0 Å². The number of carbonyl (C=O) groups excluding carboxylic acids is 1. The molecule has 4 nitrogen and oxygen atoms in total. The quantitative estimate of drug-likeness (QED) is 0.566. The number of para-hydroxylation sites is 1. The van der Waals surface area contributed by atoms with Crippen LogP contribution < -0.4 is 5.32 Å².